The van der Waals surface area contributed by atoms with Crippen molar-refractivity contribution in [3.05, 3.63) is 42.1 Å². The summed E-state index contributed by atoms with van der Waals surface area (Å²) in [5.41, 5.74) is 2.66. The van der Waals surface area contributed by atoms with E-state index in [1.165, 1.54) is 16.7 Å². The fraction of sp³-hybridized carbons (Fsp3) is 0.294. The predicted octanol–water partition coefficient (Wildman–Crippen LogP) is 2.48. The lowest BCUT2D eigenvalue weighted by atomic mass is 10.1. The highest BCUT2D eigenvalue weighted by Gasteiger charge is 2.30. The SMILES string of the molecule is Cc1cc(-c2ccccc2)nc(S[C@@H](C)C(=O)N2CCNC2=O)n1. The predicted molar refractivity (Wildman–Crippen MR) is 92.6 cm³/mol. The molecule has 3 amide bonds. The Kier molecular flexibility index (Phi) is 4.80. The number of carbonyl (C=O) groups excluding carboxylic acids is 2. The Bertz CT molecular complexity index is 766. The van der Waals surface area contributed by atoms with Gasteiger partial charge in [0, 0.05) is 24.3 Å². The van der Waals surface area contributed by atoms with Crippen LogP contribution in [0.5, 0.6) is 0 Å². The molecule has 2 heterocycles. The molecular formula is C17H18N4O2S. The van der Waals surface area contributed by atoms with Crippen LogP contribution in [-0.4, -0.2) is 45.1 Å². The minimum Gasteiger partial charge on any atom is -0.336 e. The maximum atomic E-state index is 12.4. The van der Waals surface area contributed by atoms with E-state index in [1.807, 2.05) is 43.3 Å². The minimum atomic E-state index is -0.431. The molecule has 24 heavy (non-hydrogen) atoms. The number of aryl methyl sites for hydroxylation is 1. The van der Waals surface area contributed by atoms with E-state index in [0.717, 1.165) is 17.0 Å². The van der Waals surface area contributed by atoms with Crippen LogP contribution < -0.4 is 5.32 Å². The normalized spacial score (nSPS) is 15.2. The summed E-state index contributed by atoms with van der Waals surface area (Å²) in [6.07, 6.45) is 0. The third kappa shape index (κ3) is 3.56. The summed E-state index contributed by atoms with van der Waals surface area (Å²) in [5, 5.41) is 2.74. The van der Waals surface area contributed by atoms with E-state index in [1.54, 1.807) is 6.92 Å². The van der Waals surface area contributed by atoms with Gasteiger partial charge in [-0.1, -0.05) is 42.1 Å². The van der Waals surface area contributed by atoms with Crippen molar-refractivity contribution in [1.82, 2.24) is 20.2 Å². The number of imide groups is 1. The molecule has 1 aromatic carbocycles. The van der Waals surface area contributed by atoms with E-state index in [2.05, 4.69) is 15.3 Å². The molecule has 7 heteroatoms. The molecule has 0 radical (unpaired) electrons. The van der Waals surface area contributed by atoms with Crippen LogP contribution in [0, 0.1) is 6.92 Å². The van der Waals surface area contributed by atoms with Gasteiger partial charge in [-0.3, -0.25) is 9.69 Å². The number of carbonyl (C=O) groups is 2. The molecule has 1 aliphatic rings. The van der Waals surface area contributed by atoms with Gasteiger partial charge >= 0.3 is 6.03 Å². The number of rotatable bonds is 4. The molecule has 1 N–H and O–H groups in total. The van der Waals surface area contributed by atoms with Crippen LogP contribution in [0.25, 0.3) is 11.3 Å². The van der Waals surface area contributed by atoms with Crippen molar-refractivity contribution in [2.45, 2.75) is 24.3 Å². The van der Waals surface area contributed by atoms with Gasteiger partial charge in [0.25, 0.3) is 0 Å². The lowest BCUT2D eigenvalue weighted by Gasteiger charge is -2.17. The first-order valence-corrected chi connectivity index (χ1v) is 8.59. The Morgan fingerprint density at radius 3 is 2.71 bits per heavy atom. The van der Waals surface area contributed by atoms with Crippen molar-refractivity contribution < 1.29 is 9.59 Å². The molecule has 2 aromatic rings. The zero-order valence-electron chi connectivity index (χ0n) is 13.5. The summed E-state index contributed by atoms with van der Waals surface area (Å²) in [5.74, 6) is -0.221. The number of amides is 3. The molecule has 3 rings (SSSR count). The number of aromatic nitrogens is 2. The van der Waals surface area contributed by atoms with E-state index in [9.17, 15) is 9.59 Å². The van der Waals surface area contributed by atoms with Crippen molar-refractivity contribution in [3.8, 4) is 11.3 Å². The van der Waals surface area contributed by atoms with Crippen LogP contribution in [0.4, 0.5) is 4.79 Å². The van der Waals surface area contributed by atoms with Crippen LogP contribution in [0.15, 0.2) is 41.6 Å². The topological polar surface area (TPSA) is 75.2 Å². The van der Waals surface area contributed by atoms with Crippen molar-refractivity contribution in [3.63, 3.8) is 0 Å². The van der Waals surface area contributed by atoms with Crippen molar-refractivity contribution >= 4 is 23.7 Å². The molecule has 0 aliphatic carbocycles. The van der Waals surface area contributed by atoms with Crippen molar-refractivity contribution in [2.75, 3.05) is 13.1 Å². The van der Waals surface area contributed by atoms with E-state index >= 15 is 0 Å². The fourth-order valence-electron chi connectivity index (χ4n) is 2.46. The Balaban J connectivity index is 1.78. The maximum Gasteiger partial charge on any atom is 0.324 e. The lowest BCUT2D eigenvalue weighted by Crippen LogP contribution is -2.39. The van der Waals surface area contributed by atoms with Gasteiger partial charge in [0.05, 0.1) is 10.9 Å². The van der Waals surface area contributed by atoms with E-state index < -0.39 is 5.25 Å². The van der Waals surface area contributed by atoms with Gasteiger partial charge in [0.15, 0.2) is 5.16 Å². The summed E-state index contributed by atoms with van der Waals surface area (Å²) in [6, 6.07) is 11.4. The van der Waals surface area contributed by atoms with Crippen LogP contribution >= 0.6 is 11.8 Å². The van der Waals surface area contributed by atoms with Gasteiger partial charge < -0.3 is 5.32 Å². The second kappa shape index (κ2) is 7.00. The standard InChI is InChI=1S/C17H18N4O2S/c1-11-10-14(13-6-4-3-5-7-13)20-16(19-11)24-12(2)15(22)21-9-8-18-17(21)23/h3-7,10,12H,8-9H2,1-2H3,(H,18,23)/t12-/m0/s1. The van der Waals surface area contributed by atoms with Gasteiger partial charge in [0.2, 0.25) is 5.91 Å². The van der Waals surface area contributed by atoms with Gasteiger partial charge in [-0.2, -0.15) is 0 Å². The molecule has 1 aromatic heterocycles. The Morgan fingerprint density at radius 1 is 1.29 bits per heavy atom. The van der Waals surface area contributed by atoms with Crippen LogP contribution in [-0.2, 0) is 4.79 Å². The summed E-state index contributed by atoms with van der Waals surface area (Å²) < 4.78 is 0. The number of nitrogens with zero attached hydrogens (tertiary/aromatic N) is 3. The first-order valence-electron chi connectivity index (χ1n) is 7.71. The zero-order chi connectivity index (χ0) is 17.1. The molecule has 1 saturated heterocycles. The molecule has 0 saturated carbocycles. The largest absolute Gasteiger partial charge is 0.336 e. The first-order chi connectivity index (χ1) is 11.5. The summed E-state index contributed by atoms with van der Waals surface area (Å²) in [7, 11) is 0. The van der Waals surface area contributed by atoms with E-state index in [-0.39, 0.29) is 11.9 Å². The Labute approximate surface area is 144 Å². The third-order valence-electron chi connectivity index (χ3n) is 3.66. The van der Waals surface area contributed by atoms with Crippen molar-refractivity contribution in [1.29, 1.82) is 0 Å². The molecule has 1 atom stereocenters. The highest BCUT2D eigenvalue weighted by molar-refractivity contribution is 8.00. The lowest BCUT2D eigenvalue weighted by molar-refractivity contribution is -0.126. The number of nitrogens with one attached hydrogen (secondary N) is 1. The number of benzene rings is 1. The molecule has 0 bridgehead atoms. The molecule has 124 valence electrons. The number of thioether (sulfide) groups is 1. The van der Waals surface area contributed by atoms with Gasteiger partial charge in [0.1, 0.15) is 0 Å². The first kappa shape index (κ1) is 16.4. The quantitative estimate of drug-likeness (QED) is 0.682. The molecule has 1 aliphatic heterocycles. The van der Waals surface area contributed by atoms with E-state index in [0.29, 0.717) is 18.2 Å². The molecular weight excluding hydrogens is 324 g/mol. The molecule has 1 fully saturated rings. The van der Waals surface area contributed by atoms with Gasteiger partial charge in [-0.15, -0.1) is 0 Å². The maximum absolute atomic E-state index is 12.4. The van der Waals surface area contributed by atoms with Crippen LogP contribution in [0.3, 0.4) is 0 Å². The number of urea groups is 1. The third-order valence-corrected chi connectivity index (χ3v) is 4.60. The average molecular weight is 342 g/mol. The van der Waals surface area contributed by atoms with Crippen LogP contribution in [0.2, 0.25) is 0 Å². The molecule has 6 nitrogen and oxygen atoms in total. The van der Waals surface area contributed by atoms with Crippen molar-refractivity contribution in [2.24, 2.45) is 0 Å². The highest BCUT2D eigenvalue weighted by Crippen LogP contribution is 2.25. The minimum absolute atomic E-state index is 0.221. The fourth-order valence-corrected chi connectivity index (χ4v) is 3.35. The van der Waals surface area contributed by atoms with E-state index in [4.69, 9.17) is 0 Å². The Hall–Kier alpha value is -2.41. The molecule has 0 spiro atoms. The van der Waals surface area contributed by atoms with Crippen LogP contribution in [0.1, 0.15) is 12.6 Å². The summed E-state index contributed by atoms with van der Waals surface area (Å²) in [6.45, 7) is 4.58. The average Bonchev–Trinajstić information content (AvgIpc) is 3.00. The smallest absolute Gasteiger partial charge is 0.324 e. The van der Waals surface area contributed by atoms with Gasteiger partial charge in [-0.05, 0) is 19.9 Å². The summed E-state index contributed by atoms with van der Waals surface area (Å²) >= 11 is 1.27. The second-order valence-corrected chi connectivity index (χ2v) is 6.83. The van der Waals surface area contributed by atoms with Gasteiger partial charge in [-0.25, -0.2) is 14.8 Å². The zero-order valence-corrected chi connectivity index (χ0v) is 14.3. The summed E-state index contributed by atoms with van der Waals surface area (Å²) in [4.78, 5) is 34.2. The highest BCUT2D eigenvalue weighted by atomic mass is 32.2. The number of hydrogen-bond acceptors (Lipinski definition) is 5. The second-order valence-electron chi connectivity index (χ2n) is 5.53. The number of hydrogen-bond donors (Lipinski definition) is 1. The monoisotopic (exact) mass is 342 g/mol. The Morgan fingerprint density at radius 2 is 2.04 bits per heavy atom. The molecule has 0 unspecified atom stereocenters.